The lowest BCUT2D eigenvalue weighted by molar-refractivity contribution is -0.161. The number of rotatable bonds is 39. The van der Waals surface area contributed by atoms with Gasteiger partial charge in [0.1, 0.15) is 6.61 Å². The molecule has 0 saturated heterocycles. The Labute approximate surface area is 307 Å². The summed E-state index contributed by atoms with van der Waals surface area (Å²) in [6.07, 6.45) is 40.8. The maximum Gasteiger partial charge on any atom is 0.469 e. The minimum atomic E-state index is -4.75. The minimum absolute atomic E-state index is 0.214. The summed E-state index contributed by atoms with van der Waals surface area (Å²) in [6.45, 7) is 3.69. The van der Waals surface area contributed by atoms with Gasteiger partial charge in [0.25, 0.3) is 0 Å². The van der Waals surface area contributed by atoms with Gasteiger partial charge >= 0.3 is 19.8 Å². The van der Waals surface area contributed by atoms with Crippen LogP contribution in [0.25, 0.3) is 0 Å². The van der Waals surface area contributed by atoms with Crippen molar-refractivity contribution in [1.82, 2.24) is 0 Å². The molecule has 8 nitrogen and oxygen atoms in total. The number of unbranched alkanes of at least 4 members (excludes halogenated alkanes) is 27. The lowest BCUT2D eigenvalue weighted by atomic mass is 10.1. The van der Waals surface area contributed by atoms with Crippen LogP contribution in [0.2, 0.25) is 0 Å². The van der Waals surface area contributed by atoms with Gasteiger partial charge in [-0.25, -0.2) is 4.57 Å². The summed E-state index contributed by atoms with van der Waals surface area (Å²) in [7, 11) is -4.75. The number of allylic oxidation sites excluding steroid dienone is 2. The zero-order chi connectivity index (χ0) is 36.8. The fourth-order valence-electron chi connectivity index (χ4n) is 6.13. The Morgan fingerprint density at radius 1 is 0.500 bits per heavy atom. The molecular weight excluding hydrogens is 651 g/mol. The predicted molar refractivity (Wildman–Crippen MR) is 207 cm³/mol. The highest BCUT2D eigenvalue weighted by atomic mass is 31.2. The summed E-state index contributed by atoms with van der Waals surface area (Å²) in [6, 6.07) is 0. The number of hydrogen-bond donors (Lipinski definition) is 2. The lowest BCUT2D eigenvalue weighted by Gasteiger charge is -2.18. The van der Waals surface area contributed by atoms with Crippen LogP contribution < -0.4 is 0 Å². The van der Waals surface area contributed by atoms with Gasteiger partial charge in [0.2, 0.25) is 0 Å². The molecular formula is C41H79O8P. The molecule has 0 aromatic rings. The molecule has 0 aromatic heterocycles. The van der Waals surface area contributed by atoms with Crippen LogP contribution in [0, 0.1) is 0 Å². The second-order valence-electron chi connectivity index (χ2n) is 14.3. The third-order valence-corrected chi connectivity index (χ3v) is 9.77. The van der Waals surface area contributed by atoms with Gasteiger partial charge in [-0.1, -0.05) is 180 Å². The highest BCUT2D eigenvalue weighted by Crippen LogP contribution is 2.36. The largest absolute Gasteiger partial charge is 0.469 e. The van der Waals surface area contributed by atoms with Crippen LogP contribution in [0.5, 0.6) is 0 Å². The Hall–Kier alpha value is -1.21. The third-order valence-electron chi connectivity index (χ3n) is 9.28. The van der Waals surface area contributed by atoms with E-state index in [4.69, 9.17) is 19.3 Å². The molecule has 0 aromatic carbocycles. The van der Waals surface area contributed by atoms with E-state index in [1.54, 1.807) is 0 Å². The van der Waals surface area contributed by atoms with Gasteiger partial charge in [0.15, 0.2) is 6.10 Å². The first kappa shape index (κ1) is 48.8. The Bertz CT molecular complexity index is 827. The van der Waals surface area contributed by atoms with Gasteiger partial charge in [-0.05, 0) is 38.5 Å². The summed E-state index contributed by atoms with van der Waals surface area (Å²) < 4.78 is 26.3. The average Bonchev–Trinajstić information content (AvgIpc) is 3.08. The molecule has 296 valence electrons. The van der Waals surface area contributed by atoms with Crippen LogP contribution in [0.4, 0.5) is 0 Å². The zero-order valence-corrected chi connectivity index (χ0v) is 33.5. The Morgan fingerprint density at radius 3 is 1.22 bits per heavy atom. The molecule has 0 amide bonds. The molecule has 1 unspecified atom stereocenters. The van der Waals surface area contributed by atoms with Crippen molar-refractivity contribution in [3.05, 3.63) is 12.2 Å². The lowest BCUT2D eigenvalue weighted by Crippen LogP contribution is -2.29. The minimum Gasteiger partial charge on any atom is -0.462 e. The maximum absolute atomic E-state index is 12.4. The molecule has 1 atom stereocenters. The summed E-state index contributed by atoms with van der Waals surface area (Å²) in [5.41, 5.74) is 0. The SMILES string of the molecule is CCCCCCCCCC/C=C\CCCCCCCCCCCC(=O)OC(COC(=O)CCCCCCCCCCCCC)COP(=O)(O)O. The van der Waals surface area contributed by atoms with Crippen molar-refractivity contribution >= 4 is 19.8 Å². The van der Waals surface area contributed by atoms with Crippen molar-refractivity contribution in [1.29, 1.82) is 0 Å². The third kappa shape index (κ3) is 39.6. The van der Waals surface area contributed by atoms with E-state index in [0.29, 0.717) is 6.42 Å². The number of carbonyl (C=O) groups excluding carboxylic acids is 2. The number of phosphoric acid groups is 1. The molecule has 9 heteroatoms. The predicted octanol–water partition coefficient (Wildman–Crippen LogP) is 12.6. The molecule has 50 heavy (non-hydrogen) atoms. The monoisotopic (exact) mass is 731 g/mol. The van der Waals surface area contributed by atoms with Crippen molar-refractivity contribution in [3.63, 3.8) is 0 Å². The Kier molecular flexibility index (Phi) is 36.6. The van der Waals surface area contributed by atoms with Crippen molar-refractivity contribution in [2.45, 2.75) is 225 Å². The second-order valence-corrected chi connectivity index (χ2v) is 15.6. The van der Waals surface area contributed by atoms with Gasteiger partial charge in [-0.2, -0.15) is 0 Å². The van der Waals surface area contributed by atoms with E-state index in [-0.39, 0.29) is 19.4 Å². The van der Waals surface area contributed by atoms with Gasteiger partial charge in [0, 0.05) is 12.8 Å². The van der Waals surface area contributed by atoms with Gasteiger partial charge < -0.3 is 19.3 Å². The molecule has 0 aliphatic rings. The molecule has 0 saturated carbocycles. The van der Waals surface area contributed by atoms with E-state index in [1.165, 1.54) is 148 Å². The standard InChI is InChI=1S/C41H79O8P/c1-3-5-7-9-11-13-15-16-17-18-19-20-21-22-23-24-26-28-30-32-34-36-41(43)49-39(38-48-50(44,45)46)37-47-40(42)35-33-31-29-27-25-14-12-10-8-6-4-2/h18-19,39H,3-17,20-38H2,1-2H3,(H2,44,45,46)/b19-18-. The highest BCUT2D eigenvalue weighted by molar-refractivity contribution is 7.46. The van der Waals surface area contributed by atoms with E-state index < -0.39 is 32.5 Å². The summed E-state index contributed by atoms with van der Waals surface area (Å²) in [5.74, 6) is -0.878. The molecule has 0 rings (SSSR count). The van der Waals surface area contributed by atoms with E-state index in [1.807, 2.05) is 0 Å². The van der Waals surface area contributed by atoms with Crippen molar-refractivity contribution in [2.24, 2.45) is 0 Å². The number of ether oxygens (including phenoxy) is 2. The fourth-order valence-corrected chi connectivity index (χ4v) is 6.49. The summed E-state index contributed by atoms with van der Waals surface area (Å²) in [5, 5.41) is 0. The Morgan fingerprint density at radius 2 is 0.840 bits per heavy atom. The van der Waals surface area contributed by atoms with Gasteiger partial charge in [0.05, 0.1) is 6.61 Å². The van der Waals surface area contributed by atoms with Crippen LogP contribution in [0.15, 0.2) is 12.2 Å². The summed E-state index contributed by atoms with van der Waals surface area (Å²) in [4.78, 5) is 42.7. The first-order valence-corrected chi connectivity index (χ1v) is 22.5. The van der Waals surface area contributed by atoms with Crippen LogP contribution in [-0.4, -0.2) is 41.0 Å². The van der Waals surface area contributed by atoms with Crippen molar-refractivity contribution in [2.75, 3.05) is 13.2 Å². The first-order valence-electron chi connectivity index (χ1n) is 21.0. The van der Waals surface area contributed by atoms with Crippen LogP contribution in [0.3, 0.4) is 0 Å². The molecule has 0 spiro atoms. The van der Waals surface area contributed by atoms with Crippen LogP contribution >= 0.6 is 7.82 Å². The molecule has 0 aliphatic carbocycles. The van der Waals surface area contributed by atoms with Gasteiger partial charge in [-0.15, -0.1) is 0 Å². The second kappa shape index (κ2) is 37.5. The highest BCUT2D eigenvalue weighted by Gasteiger charge is 2.22. The van der Waals surface area contributed by atoms with Gasteiger partial charge in [-0.3, -0.25) is 14.1 Å². The Balaban J connectivity index is 3.84. The topological polar surface area (TPSA) is 119 Å². The fraction of sp³-hybridized carbons (Fsp3) is 0.902. The quantitative estimate of drug-likeness (QED) is 0.0278. The van der Waals surface area contributed by atoms with E-state index in [0.717, 1.165) is 38.5 Å². The molecule has 0 fully saturated rings. The van der Waals surface area contributed by atoms with Crippen molar-refractivity contribution in [3.8, 4) is 0 Å². The van der Waals surface area contributed by atoms with E-state index >= 15 is 0 Å². The normalized spacial score (nSPS) is 12.5. The molecule has 0 bridgehead atoms. The molecule has 2 N–H and O–H groups in total. The van der Waals surface area contributed by atoms with Crippen LogP contribution in [-0.2, 0) is 28.2 Å². The molecule has 0 heterocycles. The average molecular weight is 731 g/mol. The zero-order valence-electron chi connectivity index (χ0n) is 32.6. The van der Waals surface area contributed by atoms with Crippen LogP contribution in [0.1, 0.15) is 219 Å². The number of carbonyl (C=O) groups is 2. The number of phosphoric ester groups is 1. The van der Waals surface area contributed by atoms with Crippen molar-refractivity contribution < 1.29 is 37.9 Å². The molecule has 0 radical (unpaired) electrons. The smallest absolute Gasteiger partial charge is 0.462 e. The number of hydrogen-bond acceptors (Lipinski definition) is 6. The summed E-state index contributed by atoms with van der Waals surface area (Å²) >= 11 is 0. The van der Waals surface area contributed by atoms with E-state index in [2.05, 4.69) is 30.5 Å². The number of esters is 2. The molecule has 0 aliphatic heterocycles. The first-order chi connectivity index (χ1) is 24.3. The van der Waals surface area contributed by atoms with E-state index in [9.17, 15) is 14.2 Å². The maximum atomic E-state index is 12.4.